The van der Waals surface area contributed by atoms with Gasteiger partial charge in [0.25, 0.3) is 0 Å². The zero-order valence-corrected chi connectivity index (χ0v) is 14.0. The van der Waals surface area contributed by atoms with Crippen molar-refractivity contribution in [2.75, 3.05) is 17.2 Å². The van der Waals surface area contributed by atoms with Gasteiger partial charge in [0.1, 0.15) is 0 Å². The minimum Gasteiger partial charge on any atom is -0.385 e. The van der Waals surface area contributed by atoms with Crippen LogP contribution in [0.15, 0.2) is 46.9 Å². The van der Waals surface area contributed by atoms with Crippen LogP contribution in [0.3, 0.4) is 0 Å². The van der Waals surface area contributed by atoms with E-state index in [1.165, 1.54) is 0 Å². The molecule has 0 unspecified atom stereocenters. The van der Waals surface area contributed by atoms with E-state index in [2.05, 4.69) is 26.6 Å². The molecule has 0 heterocycles. The molecular weight excluding hydrogens is 352 g/mol. The van der Waals surface area contributed by atoms with Crippen molar-refractivity contribution >= 4 is 44.8 Å². The molecule has 0 radical (unpaired) electrons. The molecular formula is C16H16BrClN2O. The maximum Gasteiger partial charge on any atom is 0.226 e. The molecule has 2 aromatic rings. The molecule has 3 nitrogen and oxygen atoms in total. The Balaban J connectivity index is 1.81. The fourth-order valence-electron chi connectivity index (χ4n) is 1.87. The number of carbonyl (C=O) groups is 1. The number of carbonyl (C=O) groups excluding carboxylic acids is 1. The molecule has 0 aliphatic rings. The van der Waals surface area contributed by atoms with E-state index in [1.807, 2.05) is 49.4 Å². The summed E-state index contributed by atoms with van der Waals surface area (Å²) in [6.07, 6.45) is 0.401. The Hall–Kier alpha value is -1.52. The van der Waals surface area contributed by atoms with Crippen molar-refractivity contribution in [1.29, 1.82) is 0 Å². The highest BCUT2D eigenvalue weighted by Gasteiger charge is 2.05. The van der Waals surface area contributed by atoms with Crippen molar-refractivity contribution in [3.63, 3.8) is 0 Å². The lowest BCUT2D eigenvalue weighted by Crippen LogP contribution is -2.16. The van der Waals surface area contributed by atoms with Gasteiger partial charge in [-0.2, -0.15) is 0 Å². The van der Waals surface area contributed by atoms with Gasteiger partial charge in [-0.05, 0) is 55.0 Å². The van der Waals surface area contributed by atoms with Gasteiger partial charge in [0, 0.05) is 33.8 Å². The molecule has 0 spiro atoms. The van der Waals surface area contributed by atoms with Crippen LogP contribution < -0.4 is 10.6 Å². The van der Waals surface area contributed by atoms with Crippen LogP contribution in [0.5, 0.6) is 0 Å². The second-order valence-electron chi connectivity index (χ2n) is 4.69. The summed E-state index contributed by atoms with van der Waals surface area (Å²) in [5.41, 5.74) is 2.82. The Kier molecular flexibility index (Phi) is 5.65. The van der Waals surface area contributed by atoms with Crippen molar-refractivity contribution in [2.24, 2.45) is 0 Å². The lowest BCUT2D eigenvalue weighted by Gasteiger charge is -2.10. The predicted octanol–water partition coefficient (Wildman–Crippen LogP) is 4.85. The third-order valence-electron chi connectivity index (χ3n) is 2.99. The van der Waals surface area contributed by atoms with Gasteiger partial charge in [-0.15, -0.1) is 0 Å². The van der Waals surface area contributed by atoms with Crippen LogP contribution in [0.4, 0.5) is 11.4 Å². The van der Waals surface area contributed by atoms with E-state index in [4.69, 9.17) is 11.6 Å². The molecule has 21 heavy (non-hydrogen) atoms. The molecule has 0 atom stereocenters. The van der Waals surface area contributed by atoms with Crippen molar-refractivity contribution < 1.29 is 4.79 Å². The van der Waals surface area contributed by atoms with Crippen molar-refractivity contribution in [2.45, 2.75) is 13.3 Å². The highest BCUT2D eigenvalue weighted by molar-refractivity contribution is 9.10. The molecule has 2 aromatic carbocycles. The summed E-state index contributed by atoms with van der Waals surface area (Å²) in [5.74, 6) is -0.0121. The van der Waals surface area contributed by atoms with Gasteiger partial charge < -0.3 is 10.6 Å². The largest absolute Gasteiger partial charge is 0.385 e. The molecule has 2 rings (SSSR count). The average molecular weight is 368 g/mol. The number of amides is 1. The lowest BCUT2D eigenvalue weighted by atomic mass is 10.2. The van der Waals surface area contributed by atoms with Crippen LogP contribution in [-0.4, -0.2) is 12.5 Å². The topological polar surface area (TPSA) is 41.1 Å². The zero-order valence-electron chi connectivity index (χ0n) is 11.6. The van der Waals surface area contributed by atoms with Crippen LogP contribution in [0.1, 0.15) is 12.0 Å². The van der Waals surface area contributed by atoms with E-state index in [0.717, 1.165) is 21.4 Å². The highest BCUT2D eigenvalue weighted by Crippen LogP contribution is 2.20. The third kappa shape index (κ3) is 5.06. The quantitative estimate of drug-likeness (QED) is 0.793. The first kappa shape index (κ1) is 15.9. The second kappa shape index (κ2) is 7.48. The number of hydrogen-bond donors (Lipinski definition) is 2. The first-order chi connectivity index (χ1) is 10.0. The van der Waals surface area contributed by atoms with Gasteiger partial charge >= 0.3 is 0 Å². The maximum atomic E-state index is 11.9. The van der Waals surface area contributed by atoms with Crippen LogP contribution in [-0.2, 0) is 4.79 Å². The van der Waals surface area contributed by atoms with Crippen LogP contribution >= 0.6 is 27.5 Å². The molecule has 0 aliphatic heterocycles. The Bertz CT molecular complexity index is 629. The number of anilines is 2. The number of benzene rings is 2. The fourth-order valence-corrected chi connectivity index (χ4v) is 2.47. The summed E-state index contributed by atoms with van der Waals surface area (Å²) in [4.78, 5) is 11.9. The molecule has 2 N–H and O–H groups in total. The first-order valence-electron chi connectivity index (χ1n) is 6.60. The predicted molar refractivity (Wildman–Crippen MR) is 92.1 cm³/mol. The normalized spacial score (nSPS) is 10.2. The van der Waals surface area contributed by atoms with Crippen LogP contribution in [0.25, 0.3) is 0 Å². The second-order valence-corrected chi connectivity index (χ2v) is 6.04. The molecule has 5 heteroatoms. The summed E-state index contributed by atoms with van der Waals surface area (Å²) in [7, 11) is 0. The molecule has 1 amide bonds. The van der Waals surface area contributed by atoms with E-state index < -0.39 is 0 Å². The van der Waals surface area contributed by atoms with Crippen LogP contribution in [0, 0.1) is 6.92 Å². The number of rotatable bonds is 5. The minimum absolute atomic E-state index is 0.0121. The summed E-state index contributed by atoms with van der Waals surface area (Å²) in [6.45, 7) is 2.54. The standard InChI is InChI=1S/C16H16BrClN2O/c1-11-10-12(17)2-7-15(11)20-16(21)8-9-19-14-5-3-13(18)4-6-14/h2-7,10,19H,8-9H2,1H3,(H,20,21). The Labute approximate surface area is 137 Å². The zero-order chi connectivity index (χ0) is 15.2. The number of nitrogens with one attached hydrogen (secondary N) is 2. The van der Waals surface area contributed by atoms with Gasteiger partial charge in [-0.3, -0.25) is 4.79 Å². The molecule has 0 aromatic heterocycles. The van der Waals surface area contributed by atoms with Gasteiger partial charge in [-0.25, -0.2) is 0 Å². The molecule has 0 bridgehead atoms. The number of halogens is 2. The van der Waals surface area contributed by atoms with Gasteiger partial charge in [0.2, 0.25) is 5.91 Å². The fraction of sp³-hybridized carbons (Fsp3) is 0.188. The maximum absolute atomic E-state index is 11.9. The molecule has 110 valence electrons. The average Bonchev–Trinajstić information content (AvgIpc) is 2.44. The highest BCUT2D eigenvalue weighted by atomic mass is 79.9. The summed E-state index contributed by atoms with van der Waals surface area (Å²) in [5, 5.41) is 6.80. The number of hydrogen-bond acceptors (Lipinski definition) is 2. The Morgan fingerprint density at radius 2 is 1.90 bits per heavy atom. The van der Waals surface area contributed by atoms with Gasteiger partial charge in [0.15, 0.2) is 0 Å². The summed E-state index contributed by atoms with van der Waals surface area (Å²) in [6, 6.07) is 13.2. The summed E-state index contributed by atoms with van der Waals surface area (Å²) >= 11 is 9.22. The van der Waals surface area contributed by atoms with Crippen LogP contribution in [0.2, 0.25) is 5.02 Å². The van der Waals surface area contributed by atoms with E-state index in [0.29, 0.717) is 18.0 Å². The third-order valence-corrected chi connectivity index (χ3v) is 3.73. The first-order valence-corrected chi connectivity index (χ1v) is 7.77. The van der Waals surface area contributed by atoms with Gasteiger partial charge in [0.05, 0.1) is 0 Å². The van der Waals surface area contributed by atoms with E-state index in [-0.39, 0.29) is 5.91 Å². The smallest absolute Gasteiger partial charge is 0.226 e. The molecule has 0 aliphatic carbocycles. The van der Waals surface area contributed by atoms with E-state index in [1.54, 1.807) is 0 Å². The summed E-state index contributed by atoms with van der Waals surface area (Å²) < 4.78 is 1.00. The molecule has 0 saturated heterocycles. The lowest BCUT2D eigenvalue weighted by molar-refractivity contribution is -0.115. The molecule has 0 fully saturated rings. The number of aryl methyl sites for hydroxylation is 1. The SMILES string of the molecule is Cc1cc(Br)ccc1NC(=O)CCNc1ccc(Cl)cc1. The van der Waals surface area contributed by atoms with E-state index in [9.17, 15) is 4.79 Å². The Morgan fingerprint density at radius 3 is 2.57 bits per heavy atom. The Morgan fingerprint density at radius 1 is 1.19 bits per heavy atom. The van der Waals surface area contributed by atoms with Crippen molar-refractivity contribution in [1.82, 2.24) is 0 Å². The van der Waals surface area contributed by atoms with E-state index >= 15 is 0 Å². The monoisotopic (exact) mass is 366 g/mol. The minimum atomic E-state index is -0.0121. The van der Waals surface area contributed by atoms with Crippen molar-refractivity contribution in [3.05, 3.63) is 57.5 Å². The van der Waals surface area contributed by atoms with Crippen molar-refractivity contribution in [3.8, 4) is 0 Å². The molecule has 0 saturated carbocycles. The van der Waals surface area contributed by atoms with Gasteiger partial charge in [-0.1, -0.05) is 27.5 Å².